The fourth-order valence-electron chi connectivity index (χ4n) is 3.61. The Bertz CT molecular complexity index is 882. The van der Waals surface area contributed by atoms with E-state index in [-0.39, 0.29) is 16.9 Å². The van der Waals surface area contributed by atoms with Gasteiger partial charge in [0.25, 0.3) is 0 Å². The number of allylic oxidation sites excluding steroid dienone is 9. The summed E-state index contributed by atoms with van der Waals surface area (Å²) < 4.78 is 2.14. The van der Waals surface area contributed by atoms with Crippen molar-refractivity contribution in [2.75, 3.05) is 0 Å². The van der Waals surface area contributed by atoms with Crippen LogP contribution in [0.1, 0.15) is 75.2 Å². The third kappa shape index (κ3) is 11.1. The number of amides is 1. The van der Waals surface area contributed by atoms with Crippen LogP contribution in [0.3, 0.4) is 0 Å². The lowest BCUT2D eigenvalue weighted by Crippen LogP contribution is -2.39. The normalized spacial score (nSPS) is 13.8. The van der Waals surface area contributed by atoms with Gasteiger partial charge in [-0.3, -0.25) is 4.79 Å². The lowest BCUT2D eigenvalue weighted by molar-refractivity contribution is -0.117. The van der Waals surface area contributed by atoms with Gasteiger partial charge < -0.3 is 9.88 Å². The first kappa shape index (κ1) is 27.4. The molecule has 0 bridgehead atoms. The maximum atomic E-state index is 12.0. The molecule has 1 aromatic rings. The van der Waals surface area contributed by atoms with Crippen molar-refractivity contribution in [1.29, 1.82) is 0 Å². The van der Waals surface area contributed by atoms with Crippen molar-refractivity contribution in [3.63, 3.8) is 0 Å². The lowest BCUT2D eigenvalue weighted by atomic mass is 9.77. The maximum absolute atomic E-state index is 12.0. The summed E-state index contributed by atoms with van der Waals surface area (Å²) in [5.41, 5.74) is 4.70. The largest absolute Gasteiger partial charge is 0.348 e. The predicted molar refractivity (Wildman–Crippen MR) is 137 cm³/mol. The van der Waals surface area contributed by atoms with Crippen LogP contribution in [-0.2, 0) is 11.3 Å². The summed E-state index contributed by atoms with van der Waals surface area (Å²) in [6.45, 7) is 20.0. The first-order chi connectivity index (χ1) is 14.8. The molecule has 32 heavy (non-hydrogen) atoms. The molecule has 0 aliphatic heterocycles. The van der Waals surface area contributed by atoms with Crippen LogP contribution >= 0.6 is 0 Å². The van der Waals surface area contributed by atoms with Crippen LogP contribution in [-0.4, -0.2) is 21.0 Å². The molecule has 0 unspecified atom stereocenters. The van der Waals surface area contributed by atoms with E-state index in [1.165, 1.54) is 16.7 Å². The zero-order valence-electron chi connectivity index (χ0n) is 21.6. The molecule has 4 nitrogen and oxygen atoms in total. The molecule has 1 N–H and O–H groups in total. The average molecular weight is 438 g/mol. The molecule has 1 amide bonds. The van der Waals surface area contributed by atoms with Crippen LogP contribution in [0.5, 0.6) is 0 Å². The van der Waals surface area contributed by atoms with Gasteiger partial charge in [0.15, 0.2) is 0 Å². The van der Waals surface area contributed by atoms with E-state index in [1.807, 2.05) is 58.6 Å². The van der Waals surface area contributed by atoms with Crippen molar-refractivity contribution >= 4 is 5.91 Å². The zero-order valence-corrected chi connectivity index (χ0v) is 21.6. The van der Waals surface area contributed by atoms with Crippen molar-refractivity contribution in [3.05, 3.63) is 77.5 Å². The van der Waals surface area contributed by atoms with Gasteiger partial charge >= 0.3 is 0 Å². The standard InChI is InChI=1S/C28H43N3O/c1-22(2)25(28(8,9)16-11-18-31-19-17-29-21-31)15-14-23(3)12-10-13-24(4)20-26(32)30-27(5,6)7/h10,12-15,17,19-21H,11,16,18H2,1-9H3,(H,30,32)/b13-10+,15-14+,23-12+,24-20+. The number of carbonyl (C=O) groups is 1. The highest BCUT2D eigenvalue weighted by molar-refractivity contribution is 5.89. The summed E-state index contributed by atoms with van der Waals surface area (Å²) in [4.78, 5) is 16.1. The Morgan fingerprint density at radius 2 is 1.69 bits per heavy atom. The van der Waals surface area contributed by atoms with E-state index < -0.39 is 0 Å². The molecule has 0 saturated heterocycles. The fourth-order valence-corrected chi connectivity index (χ4v) is 3.61. The van der Waals surface area contributed by atoms with Crippen LogP contribution in [0, 0.1) is 5.41 Å². The summed E-state index contributed by atoms with van der Waals surface area (Å²) in [6.07, 6.45) is 20.0. The van der Waals surface area contributed by atoms with E-state index in [4.69, 9.17) is 0 Å². The number of aryl methyl sites for hydroxylation is 1. The molecular formula is C28H43N3O. The van der Waals surface area contributed by atoms with Gasteiger partial charge in [-0.15, -0.1) is 0 Å². The highest BCUT2D eigenvalue weighted by Crippen LogP contribution is 2.35. The third-order valence-corrected chi connectivity index (χ3v) is 5.13. The molecule has 0 fully saturated rings. The Morgan fingerprint density at radius 3 is 2.25 bits per heavy atom. The summed E-state index contributed by atoms with van der Waals surface area (Å²) >= 11 is 0. The van der Waals surface area contributed by atoms with Crippen LogP contribution in [0.15, 0.2) is 77.5 Å². The second kappa shape index (κ2) is 12.4. The second-order valence-electron chi connectivity index (χ2n) is 10.4. The maximum Gasteiger partial charge on any atom is 0.244 e. The Hall–Kier alpha value is -2.62. The van der Waals surface area contributed by atoms with Crippen molar-refractivity contribution < 1.29 is 4.79 Å². The Kier molecular flexibility index (Phi) is 10.6. The molecule has 1 aromatic heterocycles. The average Bonchev–Trinajstić information content (AvgIpc) is 3.12. The third-order valence-electron chi connectivity index (χ3n) is 5.13. The number of carbonyl (C=O) groups excluding carboxylic acids is 1. The van der Waals surface area contributed by atoms with Gasteiger partial charge in [-0.2, -0.15) is 0 Å². The SMILES string of the molecule is CC(C)=C(/C=C/C(C)=C/C=C/C(C)=C/C(=O)NC(C)(C)C)C(C)(C)CCCn1ccnc1. The summed E-state index contributed by atoms with van der Waals surface area (Å²) in [5, 5.41) is 2.94. The van der Waals surface area contributed by atoms with E-state index in [0.29, 0.717) is 0 Å². The minimum absolute atomic E-state index is 0.0660. The van der Waals surface area contributed by atoms with E-state index >= 15 is 0 Å². The van der Waals surface area contributed by atoms with Gasteiger partial charge in [-0.05, 0) is 77.9 Å². The van der Waals surface area contributed by atoms with Gasteiger partial charge in [-0.25, -0.2) is 4.98 Å². The topological polar surface area (TPSA) is 46.9 Å². The van der Waals surface area contributed by atoms with Crippen LogP contribution in [0.4, 0.5) is 0 Å². The van der Waals surface area contributed by atoms with Crippen LogP contribution in [0.25, 0.3) is 0 Å². The van der Waals surface area contributed by atoms with Gasteiger partial charge in [-0.1, -0.05) is 55.4 Å². The van der Waals surface area contributed by atoms with Crippen molar-refractivity contribution in [1.82, 2.24) is 14.9 Å². The minimum atomic E-state index is -0.227. The van der Waals surface area contributed by atoms with E-state index in [2.05, 4.69) is 67.7 Å². The van der Waals surface area contributed by atoms with Crippen molar-refractivity contribution in [3.8, 4) is 0 Å². The zero-order chi connectivity index (χ0) is 24.4. The molecule has 1 heterocycles. The quantitative estimate of drug-likeness (QED) is 0.318. The molecule has 0 aliphatic rings. The van der Waals surface area contributed by atoms with E-state index in [9.17, 15) is 4.79 Å². The smallest absolute Gasteiger partial charge is 0.244 e. The molecule has 0 spiro atoms. The number of rotatable bonds is 10. The van der Waals surface area contributed by atoms with E-state index in [1.54, 1.807) is 6.08 Å². The number of imidazole rings is 1. The Balaban J connectivity index is 2.74. The molecule has 0 aliphatic carbocycles. The number of nitrogens with zero attached hydrogens (tertiary/aromatic N) is 2. The lowest BCUT2D eigenvalue weighted by Gasteiger charge is -2.28. The van der Waals surface area contributed by atoms with E-state index in [0.717, 1.165) is 25.0 Å². The molecule has 0 radical (unpaired) electrons. The summed E-state index contributed by atoms with van der Waals surface area (Å²) in [7, 11) is 0. The molecule has 0 saturated carbocycles. The van der Waals surface area contributed by atoms with Gasteiger partial charge in [0.05, 0.1) is 6.33 Å². The summed E-state index contributed by atoms with van der Waals surface area (Å²) in [5.74, 6) is -0.0660. The van der Waals surface area contributed by atoms with Gasteiger partial charge in [0.1, 0.15) is 0 Å². The molecule has 1 rings (SSSR count). The molecule has 176 valence electrons. The number of hydrogen-bond donors (Lipinski definition) is 1. The van der Waals surface area contributed by atoms with Crippen molar-refractivity contribution in [2.45, 2.75) is 87.2 Å². The number of nitrogens with one attached hydrogen (secondary N) is 1. The minimum Gasteiger partial charge on any atom is -0.348 e. The highest BCUT2D eigenvalue weighted by atomic mass is 16.1. The number of hydrogen-bond acceptors (Lipinski definition) is 2. The van der Waals surface area contributed by atoms with Crippen molar-refractivity contribution in [2.24, 2.45) is 5.41 Å². The molecular weight excluding hydrogens is 394 g/mol. The monoisotopic (exact) mass is 437 g/mol. The van der Waals surface area contributed by atoms with Gasteiger partial charge in [0.2, 0.25) is 5.91 Å². The first-order valence-corrected chi connectivity index (χ1v) is 11.5. The number of aromatic nitrogens is 2. The van der Waals surface area contributed by atoms with Crippen LogP contribution in [0.2, 0.25) is 0 Å². The second-order valence-corrected chi connectivity index (χ2v) is 10.4. The molecule has 0 aromatic carbocycles. The van der Waals surface area contributed by atoms with Crippen LogP contribution < -0.4 is 5.32 Å². The highest BCUT2D eigenvalue weighted by Gasteiger charge is 2.22. The predicted octanol–water partition coefficient (Wildman–Crippen LogP) is 6.95. The summed E-state index contributed by atoms with van der Waals surface area (Å²) in [6, 6.07) is 0. The Labute approximate surface area is 195 Å². The fraction of sp³-hybridized carbons (Fsp3) is 0.500. The molecule has 4 heteroatoms. The Morgan fingerprint density at radius 1 is 1.00 bits per heavy atom. The van der Waals surface area contributed by atoms with Gasteiger partial charge in [0, 0.05) is 30.6 Å². The molecule has 0 atom stereocenters. The first-order valence-electron chi connectivity index (χ1n) is 11.5.